The van der Waals surface area contributed by atoms with Crippen LogP contribution >= 0.6 is 0 Å². The van der Waals surface area contributed by atoms with Gasteiger partial charge in [-0.3, -0.25) is 4.90 Å². The topological polar surface area (TPSA) is 137 Å². The third-order valence-corrected chi connectivity index (χ3v) is 5.32. The lowest BCUT2D eigenvalue weighted by molar-refractivity contribution is -0.140. The summed E-state index contributed by atoms with van der Waals surface area (Å²) in [4.78, 5) is 42.2. The Balaban J connectivity index is 1.85. The van der Waals surface area contributed by atoms with Crippen molar-refractivity contribution in [2.75, 3.05) is 41.8 Å². The van der Waals surface area contributed by atoms with Gasteiger partial charge in [-0.15, -0.1) is 0 Å². The molecule has 176 valence electrons. The van der Waals surface area contributed by atoms with Gasteiger partial charge < -0.3 is 24.9 Å². The molecule has 11 nitrogen and oxygen atoms in total. The fourth-order valence-corrected chi connectivity index (χ4v) is 3.65. The number of hydrogen-bond donors (Lipinski definition) is 1. The van der Waals surface area contributed by atoms with Crippen molar-refractivity contribution in [2.24, 2.45) is 0 Å². The number of aldehydes is 1. The molecule has 4 rings (SSSR count). The third-order valence-electron chi connectivity index (χ3n) is 5.32. The van der Waals surface area contributed by atoms with E-state index in [1.807, 2.05) is 0 Å². The number of cyclic esters (lactones) is 1. The molecule has 0 aliphatic carbocycles. The number of alkyl halides is 3. The number of rotatable bonds is 5. The second-order valence-corrected chi connectivity index (χ2v) is 7.43. The summed E-state index contributed by atoms with van der Waals surface area (Å²) in [5.41, 5.74) is 3.56. The molecular weight excluding hydrogens is 447 g/mol. The summed E-state index contributed by atoms with van der Waals surface area (Å²) < 4.78 is 51.7. The molecule has 2 fully saturated rings. The summed E-state index contributed by atoms with van der Waals surface area (Å²) in [5, 5.41) is 0. The Hall–Kier alpha value is -3.55. The van der Waals surface area contributed by atoms with Crippen LogP contribution in [0.4, 0.5) is 35.7 Å². The normalized spacial score (nSPS) is 21.3. The summed E-state index contributed by atoms with van der Waals surface area (Å²) in [5.74, 6) is -0.408. The van der Waals surface area contributed by atoms with Crippen LogP contribution < -0.4 is 15.5 Å². The van der Waals surface area contributed by atoms with Gasteiger partial charge in [0.05, 0.1) is 24.9 Å². The highest BCUT2D eigenvalue weighted by atomic mass is 19.4. The van der Waals surface area contributed by atoms with E-state index in [9.17, 15) is 22.8 Å². The van der Waals surface area contributed by atoms with Crippen LogP contribution in [0.25, 0.3) is 11.3 Å². The van der Waals surface area contributed by atoms with Gasteiger partial charge in [0, 0.05) is 37.3 Å². The fourth-order valence-electron chi connectivity index (χ4n) is 3.65. The predicted molar refractivity (Wildman–Crippen MR) is 108 cm³/mol. The fraction of sp³-hybridized carbons (Fsp3) is 0.474. The lowest BCUT2D eigenvalue weighted by Crippen LogP contribution is -2.39. The summed E-state index contributed by atoms with van der Waals surface area (Å²) >= 11 is 0. The van der Waals surface area contributed by atoms with Gasteiger partial charge in [0.2, 0.25) is 11.9 Å². The second kappa shape index (κ2) is 8.77. The van der Waals surface area contributed by atoms with Gasteiger partial charge in [0.15, 0.2) is 5.69 Å². The standard InChI is InChI=1S/C19H20F3N7O4/c1-10-13(2-5-30)33-18(31)29(10)14-8-12(25-17(26-14)28-3-6-32-7-4-28)11-9-24-16(23)27-15(11)19(20,21)22/h5,8-10,13H,2-4,6-7H2,1H3,(H2,23,24,27). The molecule has 2 aromatic heterocycles. The summed E-state index contributed by atoms with van der Waals surface area (Å²) in [6, 6.07) is 0.641. The second-order valence-electron chi connectivity index (χ2n) is 7.43. The largest absolute Gasteiger partial charge is 0.443 e. The molecule has 1 amide bonds. The van der Waals surface area contributed by atoms with Crippen molar-refractivity contribution < 1.29 is 32.2 Å². The van der Waals surface area contributed by atoms with Crippen molar-refractivity contribution >= 4 is 30.1 Å². The van der Waals surface area contributed by atoms with Crippen LogP contribution in [-0.4, -0.2) is 70.8 Å². The van der Waals surface area contributed by atoms with Crippen LogP contribution in [0.1, 0.15) is 19.0 Å². The Morgan fingerprint density at radius 2 is 1.97 bits per heavy atom. The van der Waals surface area contributed by atoms with E-state index in [0.717, 1.165) is 6.20 Å². The van der Waals surface area contributed by atoms with E-state index in [-0.39, 0.29) is 23.9 Å². The molecule has 2 saturated heterocycles. The molecule has 2 aliphatic rings. The number of carbonyl (C=O) groups is 2. The number of nitrogens with two attached hydrogens (primary N) is 1. The van der Waals surface area contributed by atoms with Crippen LogP contribution in [0.5, 0.6) is 0 Å². The van der Waals surface area contributed by atoms with Crippen LogP contribution in [0, 0.1) is 0 Å². The minimum atomic E-state index is -4.83. The van der Waals surface area contributed by atoms with E-state index in [4.69, 9.17) is 15.2 Å². The van der Waals surface area contributed by atoms with Crippen molar-refractivity contribution in [3.63, 3.8) is 0 Å². The van der Waals surface area contributed by atoms with Gasteiger partial charge in [0.25, 0.3) is 0 Å². The first-order valence-corrected chi connectivity index (χ1v) is 10.0. The van der Waals surface area contributed by atoms with Gasteiger partial charge in [-0.25, -0.2) is 19.7 Å². The average molecular weight is 467 g/mol. The maximum Gasteiger partial charge on any atom is 0.434 e. The Kier molecular flexibility index (Phi) is 6.01. The first-order valence-electron chi connectivity index (χ1n) is 10.0. The number of morpholine rings is 1. The molecule has 2 atom stereocenters. The molecular formula is C19H20F3N7O4. The summed E-state index contributed by atoms with van der Waals surface area (Å²) in [6.07, 6.45) is -4.78. The van der Waals surface area contributed by atoms with E-state index < -0.39 is 41.6 Å². The first-order chi connectivity index (χ1) is 15.7. The van der Waals surface area contributed by atoms with E-state index in [0.29, 0.717) is 32.6 Å². The van der Waals surface area contributed by atoms with E-state index in [1.54, 1.807) is 11.8 Å². The summed E-state index contributed by atoms with van der Waals surface area (Å²) in [6.45, 7) is 3.22. The van der Waals surface area contributed by atoms with E-state index in [2.05, 4.69) is 19.9 Å². The van der Waals surface area contributed by atoms with Crippen molar-refractivity contribution in [1.29, 1.82) is 0 Å². The minimum absolute atomic E-state index is 0.0253. The van der Waals surface area contributed by atoms with Gasteiger partial charge in [-0.05, 0) is 6.92 Å². The smallest absolute Gasteiger partial charge is 0.434 e. The molecule has 33 heavy (non-hydrogen) atoms. The first kappa shape index (κ1) is 22.6. The number of ether oxygens (including phenoxy) is 2. The maximum atomic E-state index is 13.7. The average Bonchev–Trinajstić information content (AvgIpc) is 3.06. The number of halogens is 3. The van der Waals surface area contributed by atoms with Crippen LogP contribution in [0.15, 0.2) is 12.3 Å². The highest BCUT2D eigenvalue weighted by molar-refractivity contribution is 5.90. The number of nitrogens with zero attached hydrogens (tertiary/aromatic N) is 6. The number of anilines is 3. The van der Waals surface area contributed by atoms with Gasteiger partial charge in [-0.1, -0.05) is 0 Å². The molecule has 2 N–H and O–H groups in total. The molecule has 2 aliphatic heterocycles. The molecule has 4 heterocycles. The third kappa shape index (κ3) is 4.51. The number of nitrogen functional groups attached to an aromatic ring is 1. The molecule has 14 heteroatoms. The Labute approximate surface area is 185 Å². The monoisotopic (exact) mass is 467 g/mol. The van der Waals surface area contributed by atoms with Gasteiger partial charge in [0.1, 0.15) is 18.2 Å². The SMILES string of the molecule is CC1C(CC=O)OC(=O)N1c1cc(-c2cnc(N)nc2C(F)(F)F)nc(N2CCOCC2)n1. The number of hydrogen-bond acceptors (Lipinski definition) is 10. The Morgan fingerprint density at radius 1 is 1.24 bits per heavy atom. The molecule has 0 radical (unpaired) electrons. The molecule has 0 bridgehead atoms. The van der Waals surface area contributed by atoms with Crippen LogP contribution in [0.2, 0.25) is 0 Å². The van der Waals surface area contributed by atoms with Gasteiger partial charge >= 0.3 is 12.3 Å². The molecule has 2 unspecified atom stereocenters. The summed E-state index contributed by atoms with van der Waals surface area (Å²) in [7, 11) is 0. The van der Waals surface area contributed by atoms with Crippen molar-refractivity contribution in [3.8, 4) is 11.3 Å². The minimum Gasteiger partial charge on any atom is -0.443 e. The Bertz CT molecular complexity index is 1060. The van der Waals surface area contributed by atoms with Crippen molar-refractivity contribution in [1.82, 2.24) is 19.9 Å². The zero-order chi connectivity index (χ0) is 23.8. The number of aromatic nitrogens is 4. The molecule has 2 aromatic rings. The van der Waals surface area contributed by atoms with Crippen molar-refractivity contribution in [2.45, 2.75) is 31.7 Å². The van der Waals surface area contributed by atoms with E-state index in [1.165, 1.54) is 11.0 Å². The quantitative estimate of drug-likeness (QED) is 0.647. The number of carbonyl (C=O) groups excluding carboxylic acids is 2. The zero-order valence-corrected chi connectivity index (χ0v) is 17.4. The highest BCUT2D eigenvalue weighted by Gasteiger charge is 2.41. The predicted octanol–water partition coefficient (Wildman–Crippen LogP) is 1.67. The van der Waals surface area contributed by atoms with Crippen LogP contribution in [-0.2, 0) is 20.4 Å². The molecule has 0 spiro atoms. The molecule has 0 aromatic carbocycles. The Morgan fingerprint density at radius 3 is 2.64 bits per heavy atom. The van der Waals surface area contributed by atoms with Gasteiger partial charge in [-0.2, -0.15) is 18.2 Å². The lowest BCUT2D eigenvalue weighted by atomic mass is 10.1. The van der Waals surface area contributed by atoms with Crippen LogP contribution in [0.3, 0.4) is 0 Å². The zero-order valence-electron chi connectivity index (χ0n) is 17.4. The van der Waals surface area contributed by atoms with E-state index >= 15 is 0 Å². The highest BCUT2D eigenvalue weighted by Crippen LogP contribution is 2.37. The van der Waals surface area contributed by atoms with Crippen molar-refractivity contribution in [3.05, 3.63) is 18.0 Å². The number of amides is 1. The molecule has 0 saturated carbocycles. The lowest BCUT2D eigenvalue weighted by Gasteiger charge is -2.28. The maximum absolute atomic E-state index is 13.7.